The van der Waals surface area contributed by atoms with Crippen molar-refractivity contribution in [3.05, 3.63) is 46.9 Å². The Morgan fingerprint density at radius 3 is 2.67 bits per heavy atom. The van der Waals surface area contributed by atoms with Gasteiger partial charge in [-0.25, -0.2) is 14.6 Å². The molecule has 1 amide bonds. The molecule has 0 unspecified atom stereocenters. The van der Waals surface area contributed by atoms with Crippen molar-refractivity contribution in [1.29, 1.82) is 0 Å². The van der Waals surface area contributed by atoms with Crippen LogP contribution in [0.3, 0.4) is 0 Å². The van der Waals surface area contributed by atoms with Crippen LogP contribution in [0.2, 0.25) is 0 Å². The number of aromatic nitrogens is 5. The first-order valence-electron chi connectivity index (χ1n) is 9.94. The zero-order valence-corrected chi connectivity index (χ0v) is 18.0. The minimum Gasteiger partial charge on any atom is -0.479 e. The normalized spacial score (nSPS) is 11.4. The van der Waals surface area contributed by atoms with Crippen LogP contribution in [0.25, 0.3) is 22.1 Å². The van der Waals surface area contributed by atoms with E-state index in [4.69, 9.17) is 4.74 Å². The Morgan fingerprint density at radius 1 is 1.17 bits per heavy atom. The molecule has 0 spiro atoms. The molecule has 0 aliphatic rings. The third-order valence-electron chi connectivity index (χ3n) is 5.64. The molecule has 0 bridgehead atoms. The van der Waals surface area contributed by atoms with Gasteiger partial charge in [0.15, 0.2) is 5.65 Å². The number of nitrogens with one attached hydrogen (secondary N) is 1. The Balaban J connectivity index is 1.47. The fraction of sp³-hybridized carbons (Fsp3) is 0.364. The maximum Gasteiger partial charge on any atom is 0.242 e. The van der Waals surface area contributed by atoms with Gasteiger partial charge in [-0.15, -0.1) is 5.10 Å². The summed E-state index contributed by atoms with van der Waals surface area (Å²) >= 11 is 0. The Bertz CT molecular complexity index is 1250. The number of imidazole rings is 1. The number of hydrogen-bond acceptors (Lipinski definition) is 5. The Hall–Kier alpha value is -3.42. The summed E-state index contributed by atoms with van der Waals surface area (Å²) in [6, 6.07) is 7.95. The first kappa shape index (κ1) is 19.9. The first-order valence-corrected chi connectivity index (χ1v) is 9.94. The second-order valence-electron chi connectivity index (χ2n) is 7.48. The lowest BCUT2D eigenvalue weighted by Gasteiger charge is -2.11. The van der Waals surface area contributed by atoms with E-state index in [-0.39, 0.29) is 5.91 Å². The first-order chi connectivity index (χ1) is 14.4. The summed E-state index contributed by atoms with van der Waals surface area (Å²) in [4.78, 5) is 21.8. The van der Waals surface area contributed by atoms with Crippen molar-refractivity contribution in [2.45, 2.75) is 33.2 Å². The Kier molecular flexibility index (Phi) is 5.15. The van der Waals surface area contributed by atoms with Crippen LogP contribution in [-0.2, 0) is 31.9 Å². The fourth-order valence-corrected chi connectivity index (χ4v) is 3.97. The highest BCUT2D eigenvalue weighted by molar-refractivity contribution is 5.86. The van der Waals surface area contributed by atoms with E-state index in [1.54, 1.807) is 11.8 Å². The van der Waals surface area contributed by atoms with Crippen molar-refractivity contribution in [2.75, 3.05) is 7.11 Å². The number of ether oxygens (including phenoxy) is 1. The molecule has 3 heterocycles. The molecule has 0 aliphatic heterocycles. The molecule has 0 saturated heterocycles. The average molecular weight is 406 g/mol. The third-order valence-corrected chi connectivity index (χ3v) is 5.64. The van der Waals surface area contributed by atoms with Gasteiger partial charge in [-0.3, -0.25) is 4.79 Å². The van der Waals surface area contributed by atoms with Gasteiger partial charge in [0.05, 0.1) is 30.1 Å². The lowest BCUT2D eigenvalue weighted by Crippen LogP contribution is -2.24. The lowest BCUT2D eigenvalue weighted by atomic mass is 10.00. The number of fused-ring (bicyclic) bond motifs is 2. The molecule has 1 aromatic carbocycles. The predicted octanol–water partition coefficient (Wildman–Crippen LogP) is 2.73. The molecule has 0 aliphatic carbocycles. The summed E-state index contributed by atoms with van der Waals surface area (Å²) in [7, 11) is 5.42. The number of pyridine rings is 1. The molecular weight excluding hydrogens is 380 g/mol. The van der Waals surface area contributed by atoms with E-state index in [9.17, 15) is 4.79 Å². The van der Waals surface area contributed by atoms with Gasteiger partial charge in [0.2, 0.25) is 11.8 Å². The van der Waals surface area contributed by atoms with E-state index in [0.29, 0.717) is 25.3 Å². The van der Waals surface area contributed by atoms with Crippen LogP contribution >= 0.6 is 0 Å². The van der Waals surface area contributed by atoms with Gasteiger partial charge >= 0.3 is 0 Å². The largest absolute Gasteiger partial charge is 0.479 e. The van der Waals surface area contributed by atoms with Crippen molar-refractivity contribution in [1.82, 2.24) is 29.6 Å². The molecule has 0 atom stereocenters. The second kappa shape index (κ2) is 7.78. The van der Waals surface area contributed by atoms with Gasteiger partial charge in [0, 0.05) is 26.2 Å². The zero-order valence-electron chi connectivity index (χ0n) is 18.0. The van der Waals surface area contributed by atoms with Crippen molar-refractivity contribution in [3.63, 3.8) is 0 Å². The lowest BCUT2D eigenvalue weighted by molar-refractivity contribution is -0.121. The molecule has 0 saturated carbocycles. The average Bonchev–Trinajstić information content (AvgIpc) is 3.23. The maximum atomic E-state index is 12.5. The highest BCUT2D eigenvalue weighted by Crippen LogP contribution is 2.30. The predicted molar refractivity (Wildman–Crippen MR) is 115 cm³/mol. The molecule has 4 rings (SSSR count). The summed E-state index contributed by atoms with van der Waals surface area (Å²) in [5.74, 6) is 1.38. The molecule has 3 aromatic heterocycles. The SMILES string of the molecule is COc1nn(C)c2nc(C)c(CCC(=O)NCc3nc4ccccc4n3C)c(C)c12. The molecule has 1 N–H and O–H groups in total. The van der Waals surface area contributed by atoms with E-state index in [0.717, 1.165) is 44.7 Å². The standard InChI is InChI=1S/C22H26N6O2/c1-13-15(14(2)24-21-20(13)22(30-5)26-28(21)4)10-11-19(29)23-12-18-25-16-8-6-7-9-17(16)27(18)3/h6-9H,10-12H2,1-5H3,(H,23,29). The van der Waals surface area contributed by atoms with Crippen LogP contribution in [-0.4, -0.2) is 37.3 Å². The number of carbonyl (C=O) groups is 1. The van der Waals surface area contributed by atoms with Gasteiger partial charge in [0.1, 0.15) is 5.82 Å². The minimum absolute atomic E-state index is 0.0147. The topological polar surface area (TPSA) is 86.9 Å². The van der Waals surface area contributed by atoms with Crippen LogP contribution in [0.4, 0.5) is 0 Å². The van der Waals surface area contributed by atoms with Crippen LogP contribution in [0, 0.1) is 13.8 Å². The van der Waals surface area contributed by atoms with Gasteiger partial charge in [0.25, 0.3) is 0 Å². The number of benzene rings is 1. The van der Waals surface area contributed by atoms with E-state index in [1.165, 1.54) is 0 Å². The monoisotopic (exact) mass is 406 g/mol. The molecule has 0 fully saturated rings. The van der Waals surface area contributed by atoms with Crippen LogP contribution in [0.5, 0.6) is 5.88 Å². The van der Waals surface area contributed by atoms with Gasteiger partial charge in [-0.2, -0.15) is 0 Å². The Labute approximate surface area is 174 Å². The number of para-hydroxylation sites is 2. The van der Waals surface area contributed by atoms with Crippen molar-refractivity contribution in [3.8, 4) is 5.88 Å². The van der Waals surface area contributed by atoms with Crippen molar-refractivity contribution >= 4 is 28.0 Å². The van der Waals surface area contributed by atoms with Gasteiger partial charge in [-0.05, 0) is 43.5 Å². The van der Waals surface area contributed by atoms with Crippen LogP contribution in [0.1, 0.15) is 29.1 Å². The fourth-order valence-electron chi connectivity index (χ4n) is 3.97. The molecule has 0 radical (unpaired) electrons. The zero-order chi connectivity index (χ0) is 21.4. The van der Waals surface area contributed by atoms with E-state index in [1.807, 2.05) is 56.8 Å². The molecule has 30 heavy (non-hydrogen) atoms. The summed E-state index contributed by atoms with van der Waals surface area (Å²) in [5.41, 5.74) is 5.81. The van der Waals surface area contributed by atoms with E-state index >= 15 is 0 Å². The number of hydrogen-bond donors (Lipinski definition) is 1. The maximum absolute atomic E-state index is 12.5. The second-order valence-corrected chi connectivity index (χ2v) is 7.48. The van der Waals surface area contributed by atoms with Gasteiger partial charge in [-0.1, -0.05) is 12.1 Å². The molecular formula is C22H26N6O2. The molecule has 4 aromatic rings. The highest BCUT2D eigenvalue weighted by Gasteiger charge is 2.18. The number of amides is 1. The quantitative estimate of drug-likeness (QED) is 0.532. The van der Waals surface area contributed by atoms with Crippen molar-refractivity contribution in [2.24, 2.45) is 14.1 Å². The summed E-state index contributed by atoms with van der Waals surface area (Å²) in [6.45, 7) is 4.40. The number of methoxy groups -OCH3 is 1. The van der Waals surface area contributed by atoms with Gasteiger partial charge < -0.3 is 14.6 Å². The molecule has 8 nitrogen and oxygen atoms in total. The summed E-state index contributed by atoms with van der Waals surface area (Å²) in [6.07, 6.45) is 0.981. The smallest absolute Gasteiger partial charge is 0.242 e. The Morgan fingerprint density at radius 2 is 1.93 bits per heavy atom. The highest BCUT2D eigenvalue weighted by atomic mass is 16.5. The molecule has 156 valence electrons. The third kappa shape index (κ3) is 3.38. The number of rotatable bonds is 6. The van der Waals surface area contributed by atoms with Crippen LogP contribution < -0.4 is 10.1 Å². The van der Waals surface area contributed by atoms with E-state index in [2.05, 4.69) is 20.4 Å². The number of aryl methyl sites for hydroxylation is 4. The number of carbonyl (C=O) groups excluding carboxylic acids is 1. The van der Waals surface area contributed by atoms with Crippen molar-refractivity contribution < 1.29 is 9.53 Å². The number of nitrogens with zero attached hydrogens (tertiary/aromatic N) is 5. The summed E-state index contributed by atoms with van der Waals surface area (Å²) < 4.78 is 9.15. The summed E-state index contributed by atoms with van der Waals surface area (Å²) in [5, 5.41) is 8.27. The molecule has 8 heteroatoms. The van der Waals surface area contributed by atoms with Crippen LogP contribution in [0.15, 0.2) is 24.3 Å². The van der Waals surface area contributed by atoms with E-state index < -0.39 is 0 Å². The minimum atomic E-state index is -0.0147.